The SMILES string of the molecule is CC(C)CSc1ccc2[nH]ccc2c1. The van der Waals surface area contributed by atoms with Crippen molar-refractivity contribution in [1.82, 2.24) is 4.98 Å². The van der Waals surface area contributed by atoms with Crippen molar-refractivity contribution in [3.8, 4) is 0 Å². The summed E-state index contributed by atoms with van der Waals surface area (Å²) in [5.74, 6) is 1.94. The zero-order valence-electron chi connectivity index (χ0n) is 8.58. The van der Waals surface area contributed by atoms with Crippen LogP contribution in [0.2, 0.25) is 0 Å². The van der Waals surface area contributed by atoms with Crippen LogP contribution in [-0.2, 0) is 0 Å². The molecule has 1 aromatic carbocycles. The normalized spacial score (nSPS) is 11.4. The van der Waals surface area contributed by atoms with Gasteiger partial charge < -0.3 is 4.98 Å². The molecule has 0 fully saturated rings. The second-order valence-electron chi connectivity index (χ2n) is 3.93. The van der Waals surface area contributed by atoms with Gasteiger partial charge in [0.2, 0.25) is 0 Å². The Hall–Kier alpha value is -0.890. The fourth-order valence-corrected chi connectivity index (χ4v) is 2.28. The van der Waals surface area contributed by atoms with Gasteiger partial charge in [-0.3, -0.25) is 0 Å². The van der Waals surface area contributed by atoms with Gasteiger partial charge in [-0.1, -0.05) is 13.8 Å². The lowest BCUT2D eigenvalue weighted by atomic mass is 10.2. The maximum absolute atomic E-state index is 3.20. The molecule has 74 valence electrons. The van der Waals surface area contributed by atoms with Gasteiger partial charge >= 0.3 is 0 Å². The molecule has 2 heteroatoms. The van der Waals surface area contributed by atoms with Crippen LogP contribution >= 0.6 is 11.8 Å². The van der Waals surface area contributed by atoms with Crippen molar-refractivity contribution in [3.63, 3.8) is 0 Å². The van der Waals surface area contributed by atoms with Crippen molar-refractivity contribution in [1.29, 1.82) is 0 Å². The molecule has 1 nitrogen and oxygen atoms in total. The summed E-state index contributed by atoms with van der Waals surface area (Å²) in [5, 5.41) is 1.30. The van der Waals surface area contributed by atoms with Gasteiger partial charge in [-0.25, -0.2) is 0 Å². The van der Waals surface area contributed by atoms with Crippen molar-refractivity contribution in [2.75, 3.05) is 5.75 Å². The summed E-state index contributed by atoms with van der Waals surface area (Å²) in [6.45, 7) is 4.50. The maximum Gasteiger partial charge on any atom is 0.0454 e. The van der Waals surface area contributed by atoms with Gasteiger partial charge in [-0.15, -0.1) is 11.8 Å². The van der Waals surface area contributed by atoms with Gasteiger partial charge in [0.1, 0.15) is 0 Å². The van der Waals surface area contributed by atoms with Gasteiger partial charge in [0.25, 0.3) is 0 Å². The third-order valence-electron chi connectivity index (χ3n) is 2.11. The Morgan fingerprint density at radius 3 is 2.93 bits per heavy atom. The number of rotatable bonds is 3. The molecule has 0 aliphatic carbocycles. The van der Waals surface area contributed by atoms with E-state index < -0.39 is 0 Å². The summed E-state index contributed by atoms with van der Waals surface area (Å²) in [6, 6.07) is 8.71. The third kappa shape index (κ3) is 2.13. The first kappa shape index (κ1) is 9.66. The number of thioether (sulfide) groups is 1. The summed E-state index contributed by atoms with van der Waals surface area (Å²) >= 11 is 1.93. The van der Waals surface area contributed by atoms with Crippen molar-refractivity contribution >= 4 is 22.7 Å². The van der Waals surface area contributed by atoms with Crippen LogP contribution < -0.4 is 0 Å². The van der Waals surface area contributed by atoms with Crippen LogP contribution in [0.1, 0.15) is 13.8 Å². The van der Waals surface area contributed by atoms with Crippen LogP contribution in [0.15, 0.2) is 35.4 Å². The highest BCUT2D eigenvalue weighted by Gasteiger charge is 1.99. The Morgan fingerprint density at radius 1 is 1.29 bits per heavy atom. The molecule has 0 aliphatic heterocycles. The van der Waals surface area contributed by atoms with E-state index in [0.29, 0.717) is 0 Å². The van der Waals surface area contributed by atoms with E-state index in [2.05, 4.69) is 43.1 Å². The number of hydrogen-bond acceptors (Lipinski definition) is 1. The largest absolute Gasteiger partial charge is 0.361 e. The number of nitrogens with one attached hydrogen (secondary N) is 1. The summed E-state index contributed by atoms with van der Waals surface area (Å²) in [6.07, 6.45) is 1.99. The average molecular weight is 205 g/mol. The molecule has 0 aliphatic rings. The van der Waals surface area contributed by atoms with E-state index in [1.807, 2.05) is 18.0 Å². The lowest BCUT2D eigenvalue weighted by Gasteiger charge is -2.04. The second kappa shape index (κ2) is 4.09. The molecule has 0 saturated carbocycles. The van der Waals surface area contributed by atoms with E-state index in [0.717, 1.165) is 5.92 Å². The fraction of sp³-hybridized carbons (Fsp3) is 0.333. The van der Waals surface area contributed by atoms with E-state index in [1.54, 1.807) is 0 Å². The molecule has 0 atom stereocenters. The standard InChI is InChI=1S/C12H15NS/c1-9(2)8-14-11-3-4-12-10(7-11)5-6-13-12/h3-7,9,13H,8H2,1-2H3. The highest BCUT2D eigenvalue weighted by Crippen LogP contribution is 2.24. The van der Waals surface area contributed by atoms with E-state index in [1.165, 1.54) is 21.6 Å². The minimum absolute atomic E-state index is 0.752. The number of aromatic amines is 1. The molecule has 0 amide bonds. The van der Waals surface area contributed by atoms with Crippen molar-refractivity contribution in [2.24, 2.45) is 5.92 Å². The van der Waals surface area contributed by atoms with E-state index in [4.69, 9.17) is 0 Å². The molecular weight excluding hydrogens is 190 g/mol. The molecule has 2 rings (SSSR count). The molecule has 1 N–H and O–H groups in total. The molecule has 1 heterocycles. The Balaban J connectivity index is 2.17. The zero-order valence-corrected chi connectivity index (χ0v) is 9.40. The maximum atomic E-state index is 3.20. The first-order valence-corrected chi connectivity index (χ1v) is 5.94. The Kier molecular flexibility index (Phi) is 2.82. The topological polar surface area (TPSA) is 15.8 Å². The zero-order chi connectivity index (χ0) is 9.97. The van der Waals surface area contributed by atoms with Crippen molar-refractivity contribution in [3.05, 3.63) is 30.5 Å². The highest BCUT2D eigenvalue weighted by molar-refractivity contribution is 7.99. The predicted molar refractivity (Wildman–Crippen MR) is 63.9 cm³/mol. The van der Waals surface area contributed by atoms with E-state index >= 15 is 0 Å². The number of hydrogen-bond donors (Lipinski definition) is 1. The smallest absolute Gasteiger partial charge is 0.0454 e. The van der Waals surface area contributed by atoms with E-state index in [-0.39, 0.29) is 0 Å². The fourth-order valence-electron chi connectivity index (χ4n) is 1.38. The Bertz CT molecular complexity index is 417. The Labute approximate surface area is 88.9 Å². The third-order valence-corrected chi connectivity index (χ3v) is 3.53. The molecule has 0 saturated heterocycles. The molecule has 14 heavy (non-hydrogen) atoms. The van der Waals surface area contributed by atoms with Crippen LogP contribution in [0.3, 0.4) is 0 Å². The lowest BCUT2D eigenvalue weighted by Crippen LogP contribution is -1.89. The van der Waals surface area contributed by atoms with Crippen molar-refractivity contribution in [2.45, 2.75) is 18.7 Å². The summed E-state index contributed by atoms with van der Waals surface area (Å²) in [7, 11) is 0. The molecule has 2 aromatic rings. The lowest BCUT2D eigenvalue weighted by molar-refractivity contribution is 0.750. The van der Waals surface area contributed by atoms with Gasteiger partial charge in [-0.2, -0.15) is 0 Å². The highest BCUT2D eigenvalue weighted by atomic mass is 32.2. The minimum Gasteiger partial charge on any atom is -0.361 e. The number of benzene rings is 1. The van der Waals surface area contributed by atoms with Gasteiger partial charge in [0.15, 0.2) is 0 Å². The summed E-state index contributed by atoms with van der Waals surface area (Å²) < 4.78 is 0. The van der Waals surface area contributed by atoms with E-state index in [9.17, 15) is 0 Å². The van der Waals surface area contributed by atoms with Crippen molar-refractivity contribution < 1.29 is 0 Å². The average Bonchev–Trinajstić information content (AvgIpc) is 2.61. The van der Waals surface area contributed by atoms with Crippen LogP contribution in [0.4, 0.5) is 0 Å². The van der Waals surface area contributed by atoms with Gasteiger partial charge in [0, 0.05) is 27.7 Å². The number of fused-ring (bicyclic) bond motifs is 1. The Morgan fingerprint density at radius 2 is 2.14 bits per heavy atom. The van der Waals surface area contributed by atoms with Crippen LogP contribution in [0.5, 0.6) is 0 Å². The van der Waals surface area contributed by atoms with Crippen LogP contribution in [0, 0.1) is 5.92 Å². The van der Waals surface area contributed by atoms with Gasteiger partial charge in [-0.05, 0) is 30.2 Å². The van der Waals surface area contributed by atoms with Crippen LogP contribution in [-0.4, -0.2) is 10.7 Å². The number of aromatic nitrogens is 1. The summed E-state index contributed by atoms with van der Waals surface area (Å²) in [5.41, 5.74) is 1.22. The minimum atomic E-state index is 0.752. The van der Waals surface area contributed by atoms with Gasteiger partial charge in [0.05, 0.1) is 0 Å². The molecule has 0 spiro atoms. The number of H-pyrrole nitrogens is 1. The predicted octanol–water partition coefficient (Wildman–Crippen LogP) is 3.92. The van der Waals surface area contributed by atoms with Crippen LogP contribution in [0.25, 0.3) is 10.9 Å². The first-order valence-electron chi connectivity index (χ1n) is 4.95. The monoisotopic (exact) mass is 205 g/mol. The molecular formula is C12H15NS. The quantitative estimate of drug-likeness (QED) is 0.751. The first-order chi connectivity index (χ1) is 6.75. The molecule has 1 aromatic heterocycles. The second-order valence-corrected chi connectivity index (χ2v) is 5.02. The molecule has 0 bridgehead atoms. The summed E-state index contributed by atoms with van der Waals surface area (Å²) in [4.78, 5) is 4.57. The molecule has 0 radical (unpaired) electrons. The molecule has 0 unspecified atom stereocenters.